The molecule has 0 radical (unpaired) electrons. The lowest BCUT2D eigenvalue weighted by Crippen LogP contribution is -2.55. The van der Waals surface area contributed by atoms with E-state index in [-0.39, 0.29) is 52.8 Å². The fourth-order valence-electron chi connectivity index (χ4n) is 8.95. The van der Waals surface area contributed by atoms with Crippen LogP contribution in [0.5, 0.6) is 0 Å². The number of rotatable bonds is 5. The molecule has 6 heteroatoms. The predicted molar refractivity (Wildman–Crippen MR) is 130 cm³/mol. The van der Waals surface area contributed by atoms with Gasteiger partial charge in [-0.25, -0.2) is 0 Å². The third kappa shape index (κ3) is 4.05. The Morgan fingerprint density at radius 2 is 1.56 bits per heavy atom. The van der Waals surface area contributed by atoms with Gasteiger partial charge in [-0.05, 0) is 90.8 Å². The quantitative estimate of drug-likeness (QED) is 0.450. The summed E-state index contributed by atoms with van der Waals surface area (Å²) in [5.74, 6) is 0.948. The molecule has 1 saturated heterocycles. The summed E-state index contributed by atoms with van der Waals surface area (Å²) < 4.78 is 5.86. The van der Waals surface area contributed by atoms with Crippen molar-refractivity contribution < 1.29 is 30.0 Å². The lowest BCUT2D eigenvalue weighted by Gasteiger charge is -2.56. The SMILES string of the molecule is CC(C)C(C)C(O)C(O)C(C)C1CCC2C3COC(=O)C4CC(O)C(O)CC4(C)C3CCC12C. The molecule has 0 aromatic heterocycles. The van der Waals surface area contributed by atoms with Crippen LogP contribution in [0.2, 0.25) is 0 Å². The monoisotopic (exact) mass is 480 g/mol. The fourth-order valence-corrected chi connectivity index (χ4v) is 8.95. The Kier molecular flexibility index (Phi) is 7.23. The van der Waals surface area contributed by atoms with Crippen molar-refractivity contribution in [3.63, 3.8) is 0 Å². The van der Waals surface area contributed by atoms with Gasteiger partial charge in [0.15, 0.2) is 0 Å². The number of esters is 1. The smallest absolute Gasteiger partial charge is 0.309 e. The molecular weight excluding hydrogens is 432 g/mol. The first kappa shape index (κ1) is 26.4. The van der Waals surface area contributed by atoms with Gasteiger partial charge in [-0.15, -0.1) is 0 Å². The highest BCUT2D eigenvalue weighted by Gasteiger charge is 2.63. The number of cyclic esters (lactones) is 1. The Labute approximate surface area is 205 Å². The first-order valence-corrected chi connectivity index (χ1v) is 13.7. The third-order valence-corrected chi connectivity index (χ3v) is 11.5. The number of hydrogen-bond acceptors (Lipinski definition) is 6. The van der Waals surface area contributed by atoms with Crippen molar-refractivity contribution in [2.24, 2.45) is 58.2 Å². The lowest BCUT2D eigenvalue weighted by molar-refractivity contribution is -0.162. The van der Waals surface area contributed by atoms with Gasteiger partial charge < -0.3 is 25.2 Å². The maximum Gasteiger partial charge on any atom is 0.309 e. The van der Waals surface area contributed by atoms with Gasteiger partial charge in [0.05, 0.1) is 36.9 Å². The summed E-state index contributed by atoms with van der Waals surface area (Å²) in [6.07, 6.45) is 1.61. The average Bonchev–Trinajstić information content (AvgIpc) is 3.09. The van der Waals surface area contributed by atoms with Gasteiger partial charge in [-0.2, -0.15) is 0 Å². The third-order valence-electron chi connectivity index (χ3n) is 11.5. The van der Waals surface area contributed by atoms with Crippen molar-refractivity contribution in [3.05, 3.63) is 0 Å². The molecule has 0 bridgehead atoms. The van der Waals surface area contributed by atoms with Gasteiger partial charge >= 0.3 is 5.97 Å². The summed E-state index contributed by atoms with van der Waals surface area (Å²) in [6.45, 7) is 13.2. The molecule has 4 fully saturated rings. The minimum absolute atomic E-state index is 0.00827. The first-order chi connectivity index (χ1) is 15.8. The standard InChI is InChI=1S/C28H48O6/c1-14(2)15(3)24(31)25(32)16(4)18-7-8-19-17-13-34-26(33)21-11-22(29)23(30)12-28(21,6)20(17)9-10-27(18,19)5/h14-25,29-32H,7-13H2,1-6H3. The van der Waals surface area contributed by atoms with Crippen LogP contribution >= 0.6 is 0 Å². The number of carbonyl (C=O) groups is 1. The highest BCUT2D eigenvalue weighted by atomic mass is 16.5. The van der Waals surface area contributed by atoms with Gasteiger partial charge in [-0.1, -0.05) is 41.5 Å². The molecule has 34 heavy (non-hydrogen) atoms. The summed E-state index contributed by atoms with van der Waals surface area (Å²) in [4.78, 5) is 13.0. The molecule has 4 aliphatic rings. The van der Waals surface area contributed by atoms with Crippen LogP contribution in [0.15, 0.2) is 0 Å². The van der Waals surface area contributed by atoms with E-state index in [4.69, 9.17) is 4.74 Å². The van der Waals surface area contributed by atoms with E-state index in [2.05, 4.69) is 34.6 Å². The van der Waals surface area contributed by atoms with Crippen molar-refractivity contribution in [1.82, 2.24) is 0 Å². The molecule has 0 amide bonds. The molecule has 3 aliphatic carbocycles. The molecule has 196 valence electrons. The van der Waals surface area contributed by atoms with Gasteiger partial charge in [0.2, 0.25) is 0 Å². The van der Waals surface area contributed by atoms with Crippen LogP contribution < -0.4 is 0 Å². The second kappa shape index (κ2) is 9.32. The van der Waals surface area contributed by atoms with Crippen LogP contribution in [0, 0.1) is 58.2 Å². The largest absolute Gasteiger partial charge is 0.465 e. The summed E-state index contributed by atoms with van der Waals surface area (Å²) in [5.41, 5.74) is -0.345. The van der Waals surface area contributed by atoms with Crippen LogP contribution in [0.3, 0.4) is 0 Å². The topological polar surface area (TPSA) is 107 Å². The normalized spacial score (nSPS) is 48.1. The molecule has 4 N–H and O–H groups in total. The summed E-state index contributed by atoms with van der Waals surface area (Å²) in [7, 11) is 0. The highest BCUT2D eigenvalue weighted by molar-refractivity contribution is 5.74. The molecule has 1 aliphatic heterocycles. The molecule has 0 aromatic carbocycles. The molecule has 3 saturated carbocycles. The van der Waals surface area contributed by atoms with Crippen LogP contribution in [-0.2, 0) is 9.53 Å². The summed E-state index contributed by atoms with van der Waals surface area (Å²) in [6, 6.07) is 0. The van der Waals surface area contributed by atoms with E-state index in [1.807, 2.05) is 6.92 Å². The zero-order valence-corrected chi connectivity index (χ0v) is 22.0. The van der Waals surface area contributed by atoms with Gasteiger partial charge in [0.25, 0.3) is 0 Å². The Morgan fingerprint density at radius 1 is 0.912 bits per heavy atom. The van der Waals surface area contributed by atoms with Crippen LogP contribution in [-0.4, -0.2) is 57.4 Å². The minimum atomic E-state index is -0.867. The zero-order chi connectivity index (χ0) is 25.2. The maximum atomic E-state index is 13.0. The summed E-state index contributed by atoms with van der Waals surface area (Å²) in [5, 5.41) is 42.9. The van der Waals surface area contributed by atoms with Crippen LogP contribution in [0.4, 0.5) is 0 Å². The number of hydrogen-bond donors (Lipinski definition) is 4. The number of carbonyl (C=O) groups excluding carboxylic acids is 1. The fraction of sp³-hybridized carbons (Fsp3) is 0.964. The first-order valence-electron chi connectivity index (χ1n) is 13.7. The van der Waals surface area contributed by atoms with Crippen LogP contribution in [0.1, 0.15) is 80.1 Å². The van der Waals surface area contributed by atoms with Crippen molar-refractivity contribution in [3.8, 4) is 0 Å². The Balaban J connectivity index is 1.58. The highest BCUT2D eigenvalue weighted by Crippen LogP contribution is 2.66. The van der Waals surface area contributed by atoms with E-state index < -0.39 is 24.4 Å². The predicted octanol–water partition coefficient (Wildman–Crippen LogP) is 3.39. The average molecular weight is 481 g/mol. The molecule has 1 heterocycles. The van der Waals surface area contributed by atoms with E-state index in [9.17, 15) is 25.2 Å². The second-order valence-corrected chi connectivity index (χ2v) is 13.3. The van der Waals surface area contributed by atoms with Crippen molar-refractivity contribution in [2.45, 2.75) is 104 Å². The maximum absolute atomic E-state index is 13.0. The zero-order valence-electron chi connectivity index (χ0n) is 22.0. The van der Waals surface area contributed by atoms with E-state index in [1.54, 1.807) is 0 Å². The molecule has 0 aromatic rings. The van der Waals surface area contributed by atoms with Crippen molar-refractivity contribution in [1.29, 1.82) is 0 Å². The molecular formula is C28H48O6. The molecule has 13 unspecified atom stereocenters. The van der Waals surface area contributed by atoms with Gasteiger partial charge in [-0.3, -0.25) is 4.79 Å². The summed E-state index contributed by atoms with van der Waals surface area (Å²) >= 11 is 0. The van der Waals surface area contributed by atoms with Crippen molar-refractivity contribution in [2.75, 3.05) is 6.61 Å². The lowest BCUT2D eigenvalue weighted by atomic mass is 9.48. The number of aliphatic hydroxyl groups is 4. The van der Waals surface area contributed by atoms with Crippen LogP contribution in [0.25, 0.3) is 0 Å². The number of aliphatic hydroxyl groups excluding tert-OH is 4. The molecule has 4 rings (SSSR count). The second-order valence-electron chi connectivity index (χ2n) is 13.3. The number of fused-ring (bicyclic) bond motifs is 5. The minimum Gasteiger partial charge on any atom is -0.465 e. The van der Waals surface area contributed by atoms with Crippen molar-refractivity contribution >= 4 is 5.97 Å². The van der Waals surface area contributed by atoms with Gasteiger partial charge in [0, 0.05) is 0 Å². The Hall–Kier alpha value is -0.690. The Bertz CT molecular complexity index is 755. The Morgan fingerprint density at radius 3 is 2.21 bits per heavy atom. The molecule has 13 atom stereocenters. The van der Waals surface area contributed by atoms with E-state index >= 15 is 0 Å². The van der Waals surface area contributed by atoms with Gasteiger partial charge in [0.1, 0.15) is 0 Å². The molecule has 0 spiro atoms. The van der Waals surface area contributed by atoms with E-state index in [1.165, 1.54) is 0 Å². The van der Waals surface area contributed by atoms with E-state index in [0.29, 0.717) is 30.8 Å². The number of ether oxygens (including phenoxy) is 1. The van der Waals surface area contributed by atoms with E-state index in [0.717, 1.165) is 25.7 Å². The molecule has 6 nitrogen and oxygen atoms in total.